The Hall–Kier alpha value is -3.43. The van der Waals surface area contributed by atoms with Gasteiger partial charge in [-0.2, -0.15) is 0 Å². The molecule has 1 N–H and O–H groups in total. The van der Waals surface area contributed by atoms with Crippen LogP contribution in [0, 0.1) is 12.7 Å². The maximum absolute atomic E-state index is 14.5. The summed E-state index contributed by atoms with van der Waals surface area (Å²) in [4.78, 5) is 27.5. The lowest BCUT2D eigenvalue weighted by Crippen LogP contribution is -2.51. The number of halogens is 2. The summed E-state index contributed by atoms with van der Waals surface area (Å²) in [5.74, 6) is -1.65. The molecule has 0 saturated carbocycles. The van der Waals surface area contributed by atoms with Crippen molar-refractivity contribution in [1.29, 1.82) is 0 Å². The van der Waals surface area contributed by atoms with Gasteiger partial charge in [0.2, 0.25) is 11.8 Å². The number of likely N-dealkylation sites (N-methyl/N-ethyl adjacent to an activating group) is 1. The van der Waals surface area contributed by atoms with Gasteiger partial charge in [0.1, 0.15) is 18.4 Å². The van der Waals surface area contributed by atoms with E-state index >= 15 is 0 Å². The van der Waals surface area contributed by atoms with Crippen molar-refractivity contribution < 1.29 is 22.4 Å². The number of rotatable bonds is 10. The summed E-state index contributed by atoms with van der Waals surface area (Å²) in [6, 6.07) is 17.2. The number of amides is 2. The molecule has 0 aromatic heterocycles. The molecular formula is C27H29ClFN3O4S. The van der Waals surface area contributed by atoms with E-state index in [1.165, 1.54) is 66.4 Å². The van der Waals surface area contributed by atoms with Gasteiger partial charge in [-0.3, -0.25) is 13.9 Å². The molecule has 1 unspecified atom stereocenters. The molecule has 0 saturated heterocycles. The third kappa shape index (κ3) is 6.87. The van der Waals surface area contributed by atoms with Crippen LogP contribution < -0.4 is 9.62 Å². The van der Waals surface area contributed by atoms with Crippen LogP contribution in [0.15, 0.2) is 77.7 Å². The van der Waals surface area contributed by atoms with Crippen LogP contribution in [0.5, 0.6) is 0 Å². The lowest BCUT2D eigenvalue weighted by atomic mass is 10.1. The van der Waals surface area contributed by atoms with Gasteiger partial charge in [0.25, 0.3) is 10.0 Å². The van der Waals surface area contributed by atoms with Gasteiger partial charge < -0.3 is 10.2 Å². The summed E-state index contributed by atoms with van der Waals surface area (Å²) in [5.41, 5.74) is 1.29. The molecular weight excluding hydrogens is 517 g/mol. The van der Waals surface area contributed by atoms with Gasteiger partial charge in [0.05, 0.1) is 10.6 Å². The zero-order valence-electron chi connectivity index (χ0n) is 20.8. The van der Waals surface area contributed by atoms with E-state index in [4.69, 9.17) is 11.6 Å². The van der Waals surface area contributed by atoms with Gasteiger partial charge in [-0.15, -0.1) is 0 Å². The van der Waals surface area contributed by atoms with Crippen LogP contribution in [-0.4, -0.2) is 44.3 Å². The van der Waals surface area contributed by atoms with Crippen LogP contribution in [0.3, 0.4) is 0 Å². The highest BCUT2D eigenvalue weighted by Crippen LogP contribution is 2.26. The lowest BCUT2D eigenvalue weighted by molar-refractivity contribution is -0.139. The number of nitrogens with one attached hydrogen (secondary N) is 1. The normalized spacial score (nSPS) is 12.0. The number of hydrogen-bond acceptors (Lipinski definition) is 4. The van der Waals surface area contributed by atoms with Crippen LogP contribution in [-0.2, 0) is 26.2 Å². The van der Waals surface area contributed by atoms with Gasteiger partial charge >= 0.3 is 0 Å². The number of aryl methyl sites for hydroxylation is 1. The standard InChI is InChI=1S/C27H29ClFN3O4S/c1-4-30-27(34)20(3)31(17-21-7-5-6-8-25(21)29)26(33)18-32(23-13-11-22(28)12-14-23)37(35,36)24-15-9-19(2)10-16-24/h5-16,20H,4,17-18H2,1-3H3,(H,30,34). The molecule has 196 valence electrons. The number of nitrogens with zero attached hydrogens (tertiary/aromatic N) is 2. The van der Waals surface area contributed by atoms with Gasteiger partial charge in [-0.05, 0) is 63.2 Å². The summed E-state index contributed by atoms with van der Waals surface area (Å²) in [5, 5.41) is 3.06. The Morgan fingerprint density at radius 1 is 1.00 bits per heavy atom. The molecule has 0 aliphatic rings. The third-order valence-electron chi connectivity index (χ3n) is 5.82. The summed E-state index contributed by atoms with van der Waals surface area (Å²) in [6.45, 7) is 4.59. The second-order valence-corrected chi connectivity index (χ2v) is 10.8. The number of carbonyl (C=O) groups excluding carboxylic acids is 2. The third-order valence-corrected chi connectivity index (χ3v) is 7.86. The molecule has 3 aromatic rings. The summed E-state index contributed by atoms with van der Waals surface area (Å²) in [6.07, 6.45) is 0. The largest absolute Gasteiger partial charge is 0.355 e. The van der Waals surface area contributed by atoms with E-state index in [1.807, 2.05) is 6.92 Å². The summed E-state index contributed by atoms with van der Waals surface area (Å²) in [7, 11) is -4.18. The first-order valence-corrected chi connectivity index (χ1v) is 13.5. The van der Waals surface area contributed by atoms with Crippen molar-refractivity contribution in [3.63, 3.8) is 0 Å². The smallest absolute Gasteiger partial charge is 0.264 e. The van der Waals surface area contributed by atoms with Crippen molar-refractivity contribution in [1.82, 2.24) is 10.2 Å². The first-order valence-electron chi connectivity index (χ1n) is 11.7. The van der Waals surface area contributed by atoms with Crippen LogP contribution >= 0.6 is 11.6 Å². The summed E-state index contributed by atoms with van der Waals surface area (Å²) >= 11 is 6.01. The van der Waals surface area contributed by atoms with Crippen LogP contribution in [0.4, 0.5) is 10.1 Å². The maximum atomic E-state index is 14.5. The van der Waals surface area contributed by atoms with E-state index in [9.17, 15) is 22.4 Å². The molecule has 10 heteroatoms. The van der Waals surface area contributed by atoms with E-state index in [0.717, 1.165) is 9.87 Å². The summed E-state index contributed by atoms with van der Waals surface area (Å²) < 4.78 is 42.8. The van der Waals surface area contributed by atoms with Crippen molar-refractivity contribution in [3.8, 4) is 0 Å². The van der Waals surface area contributed by atoms with Gasteiger partial charge in [0, 0.05) is 23.7 Å². The predicted molar refractivity (Wildman–Crippen MR) is 142 cm³/mol. The second kappa shape index (κ2) is 12.2. The average molecular weight is 546 g/mol. The molecule has 37 heavy (non-hydrogen) atoms. The molecule has 0 fully saturated rings. The molecule has 0 radical (unpaired) electrons. The Balaban J connectivity index is 2.03. The molecule has 0 spiro atoms. The Labute approximate surface area is 221 Å². The van der Waals surface area contributed by atoms with E-state index in [2.05, 4.69) is 5.32 Å². The number of sulfonamides is 1. The number of benzene rings is 3. The Kier molecular flexibility index (Phi) is 9.29. The molecule has 3 rings (SSSR count). The molecule has 3 aromatic carbocycles. The molecule has 0 aliphatic heterocycles. The molecule has 0 bridgehead atoms. The van der Waals surface area contributed by atoms with E-state index in [-0.39, 0.29) is 22.7 Å². The molecule has 7 nitrogen and oxygen atoms in total. The zero-order valence-corrected chi connectivity index (χ0v) is 22.4. The minimum absolute atomic E-state index is 0.00159. The second-order valence-electron chi connectivity index (χ2n) is 8.48. The predicted octanol–water partition coefficient (Wildman–Crippen LogP) is 4.54. The quantitative estimate of drug-likeness (QED) is 0.405. The Bertz CT molecular complexity index is 1350. The topological polar surface area (TPSA) is 86.8 Å². The van der Waals surface area contributed by atoms with Gasteiger partial charge in [0.15, 0.2) is 0 Å². The van der Waals surface area contributed by atoms with Crippen LogP contribution in [0.1, 0.15) is 25.0 Å². The molecule has 0 heterocycles. The van der Waals surface area contributed by atoms with Crippen LogP contribution in [0.2, 0.25) is 5.02 Å². The minimum Gasteiger partial charge on any atom is -0.355 e. The van der Waals surface area contributed by atoms with Gasteiger partial charge in [-0.25, -0.2) is 12.8 Å². The van der Waals surface area contributed by atoms with Crippen LogP contribution in [0.25, 0.3) is 0 Å². The number of carbonyl (C=O) groups is 2. The Morgan fingerprint density at radius 2 is 1.62 bits per heavy atom. The van der Waals surface area contributed by atoms with Crippen molar-refractivity contribution in [2.75, 3.05) is 17.4 Å². The van der Waals surface area contributed by atoms with Crippen molar-refractivity contribution in [2.45, 2.75) is 38.3 Å². The maximum Gasteiger partial charge on any atom is 0.264 e. The highest BCUT2D eigenvalue weighted by atomic mass is 35.5. The molecule has 1 atom stereocenters. The molecule has 0 aliphatic carbocycles. The minimum atomic E-state index is -4.18. The Morgan fingerprint density at radius 3 is 2.22 bits per heavy atom. The molecule has 2 amide bonds. The first kappa shape index (κ1) is 28.1. The first-order chi connectivity index (χ1) is 17.5. The average Bonchev–Trinajstić information content (AvgIpc) is 2.87. The zero-order chi connectivity index (χ0) is 27.2. The fraction of sp³-hybridized carbons (Fsp3) is 0.259. The fourth-order valence-electron chi connectivity index (χ4n) is 3.69. The van der Waals surface area contributed by atoms with E-state index in [1.54, 1.807) is 25.1 Å². The fourth-order valence-corrected chi connectivity index (χ4v) is 5.23. The van der Waals surface area contributed by atoms with Crippen molar-refractivity contribution >= 4 is 39.1 Å². The highest BCUT2D eigenvalue weighted by Gasteiger charge is 2.32. The monoisotopic (exact) mass is 545 g/mol. The highest BCUT2D eigenvalue weighted by molar-refractivity contribution is 7.92. The number of hydrogen-bond donors (Lipinski definition) is 1. The van der Waals surface area contributed by atoms with Crippen molar-refractivity contribution in [3.05, 3.63) is 94.8 Å². The van der Waals surface area contributed by atoms with E-state index in [0.29, 0.717) is 11.6 Å². The van der Waals surface area contributed by atoms with E-state index < -0.39 is 40.2 Å². The van der Waals surface area contributed by atoms with Crippen molar-refractivity contribution in [2.24, 2.45) is 0 Å². The SMILES string of the molecule is CCNC(=O)C(C)N(Cc1ccccc1F)C(=O)CN(c1ccc(Cl)cc1)S(=O)(=O)c1ccc(C)cc1. The number of anilines is 1. The lowest BCUT2D eigenvalue weighted by Gasteiger charge is -2.32. The van der Waals surface area contributed by atoms with Gasteiger partial charge in [-0.1, -0.05) is 47.5 Å².